The number of fused-ring (bicyclic) bond motifs is 2. The summed E-state index contributed by atoms with van der Waals surface area (Å²) in [6.45, 7) is 5.54. The molecule has 1 aliphatic heterocycles. The summed E-state index contributed by atoms with van der Waals surface area (Å²) in [5.74, 6) is 3.37. The molecule has 3 heteroatoms. The number of amides is 1. The number of hydrogen-bond acceptors (Lipinski definition) is 2. The lowest BCUT2D eigenvalue weighted by molar-refractivity contribution is -0.123. The third-order valence-corrected chi connectivity index (χ3v) is 5.88. The number of piperidine rings is 1. The van der Waals surface area contributed by atoms with Crippen molar-refractivity contribution in [1.29, 1.82) is 0 Å². The SMILES string of the molecule is CC1CCNC(C)C1NC(=O)CC1CC2CCC1C2. The molecule has 0 aromatic rings. The maximum atomic E-state index is 12.3. The molecule has 3 rings (SSSR count). The molecule has 0 radical (unpaired) electrons. The highest BCUT2D eigenvalue weighted by Crippen LogP contribution is 2.49. The first-order valence-electron chi connectivity index (χ1n) is 8.16. The zero-order valence-electron chi connectivity index (χ0n) is 12.3. The van der Waals surface area contributed by atoms with Gasteiger partial charge in [0.25, 0.3) is 0 Å². The molecule has 19 heavy (non-hydrogen) atoms. The molecule has 1 saturated heterocycles. The van der Waals surface area contributed by atoms with Gasteiger partial charge in [-0.15, -0.1) is 0 Å². The summed E-state index contributed by atoms with van der Waals surface area (Å²) in [5.41, 5.74) is 0. The lowest BCUT2D eigenvalue weighted by Gasteiger charge is -2.36. The van der Waals surface area contributed by atoms with Crippen LogP contribution in [0.3, 0.4) is 0 Å². The van der Waals surface area contributed by atoms with Gasteiger partial charge in [-0.3, -0.25) is 4.79 Å². The van der Waals surface area contributed by atoms with E-state index in [-0.39, 0.29) is 0 Å². The van der Waals surface area contributed by atoms with E-state index in [2.05, 4.69) is 24.5 Å². The van der Waals surface area contributed by atoms with Crippen LogP contribution in [-0.4, -0.2) is 24.5 Å². The second-order valence-corrected chi connectivity index (χ2v) is 7.24. The minimum Gasteiger partial charge on any atom is -0.352 e. The molecule has 108 valence electrons. The average Bonchev–Trinajstić information content (AvgIpc) is 2.96. The number of rotatable bonds is 3. The van der Waals surface area contributed by atoms with Crippen LogP contribution in [-0.2, 0) is 4.79 Å². The molecule has 3 aliphatic rings. The van der Waals surface area contributed by atoms with Crippen molar-refractivity contribution in [2.75, 3.05) is 6.54 Å². The van der Waals surface area contributed by atoms with Crippen molar-refractivity contribution in [2.45, 2.75) is 64.5 Å². The Labute approximate surface area is 116 Å². The van der Waals surface area contributed by atoms with E-state index in [0.29, 0.717) is 29.8 Å². The van der Waals surface area contributed by atoms with E-state index in [4.69, 9.17) is 0 Å². The van der Waals surface area contributed by atoms with Crippen molar-refractivity contribution in [2.24, 2.45) is 23.7 Å². The van der Waals surface area contributed by atoms with Crippen molar-refractivity contribution >= 4 is 5.91 Å². The molecule has 1 amide bonds. The van der Waals surface area contributed by atoms with Gasteiger partial charge in [0.2, 0.25) is 5.91 Å². The predicted molar refractivity (Wildman–Crippen MR) is 76.7 cm³/mol. The molecule has 1 heterocycles. The van der Waals surface area contributed by atoms with Gasteiger partial charge in [0.1, 0.15) is 0 Å². The zero-order valence-corrected chi connectivity index (χ0v) is 12.3. The van der Waals surface area contributed by atoms with Crippen LogP contribution in [0, 0.1) is 23.7 Å². The van der Waals surface area contributed by atoms with Crippen LogP contribution in [0.5, 0.6) is 0 Å². The highest BCUT2D eigenvalue weighted by Gasteiger charge is 2.40. The Kier molecular flexibility index (Phi) is 3.84. The van der Waals surface area contributed by atoms with Crippen LogP contribution in [0.15, 0.2) is 0 Å². The van der Waals surface area contributed by atoms with Gasteiger partial charge >= 0.3 is 0 Å². The van der Waals surface area contributed by atoms with Crippen molar-refractivity contribution in [3.8, 4) is 0 Å². The maximum Gasteiger partial charge on any atom is 0.220 e. The van der Waals surface area contributed by atoms with Gasteiger partial charge in [-0.2, -0.15) is 0 Å². The largest absolute Gasteiger partial charge is 0.352 e. The summed E-state index contributed by atoms with van der Waals surface area (Å²) in [5, 5.41) is 6.78. The summed E-state index contributed by atoms with van der Waals surface area (Å²) >= 11 is 0. The molecule has 2 N–H and O–H groups in total. The van der Waals surface area contributed by atoms with E-state index in [9.17, 15) is 4.79 Å². The number of carbonyl (C=O) groups excluding carboxylic acids is 1. The Morgan fingerprint density at radius 2 is 2.05 bits per heavy atom. The zero-order chi connectivity index (χ0) is 13.4. The van der Waals surface area contributed by atoms with Gasteiger partial charge in [0, 0.05) is 18.5 Å². The van der Waals surface area contributed by atoms with Crippen molar-refractivity contribution < 1.29 is 4.79 Å². The number of carbonyl (C=O) groups is 1. The minimum absolute atomic E-state index is 0.296. The van der Waals surface area contributed by atoms with Gasteiger partial charge in [0.05, 0.1) is 0 Å². The predicted octanol–water partition coefficient (Wildman–Crippen LogP) is 2.32. The van der Waals surface area contributed by atoms with E-state index >= 15 is 0 Å². The molecule has 6 atom stereocenters. The van der Waals surface area contributed by atoms with Crippen LogP contribution >= 0.6 is 0 Å². The monoisotopic (exact) mass is 264 g/mol. The Morgan fingerprint density at radius 1 is 1.21 bits per heavy atom. The molecular formula is C16H28N2O. The van der Waals surface area contributed by atoms with E-state index in [1.54, 1.807) is 0 Å². The van der Waals surface area contributed by atoms with Crippen LogP contribution in [0.4, 0.5) is 0 Å². The minimum atomic E-state index is 0.296. The van der Waals surface area contributed by atoms with Crippen LogP contribution in [0.2, 0.25) is 0 Å². The van der Waals surface area contributed by atoms with Crippen molar-refractivity contribution in [1.82, 2.24) is 10.6 Å². The summed E-state index contributed by atoms with van der Waals surface area (Å²) in [7, 11) is 0. The lowest BCUT2D eigenvalue weighted by atomic mass is 9.85. The molecule has 6 unspecified atom stereocenters. The summed E-state index contributed by atoms with van der Waals surface area (Å²) in [6.07, 6.45) is 7.45. The number of nitrogens with one attached hydrogen (secondary N) is 2. The third-order valence-electron chi connectivity index (χ3n) is 5.88. The molecular weight excluding hydrogens is 236 g/mol. The molecule has 3 nitrogen and oxygen atoms in total. The van der Waals surface area contributed by atoms with Crippen molar-refractivity contribution in [3.63, 3.8) is 0 Å². The molecule has 0 aromatic carbocycles. The van der Waals surface area contributed by atoms with Gasteiger partial charge in [-0.05, 0) is 62.8 Å². The second-order valence-electron chi connectivity index (χ2n) is 7.24. The van der Waals surface area contributed by atoms with E-state index < -0.39 is 0 Å². The Morgan fingerprint density at radius 3 is 2.68 bits per heavy atom. The van der Waals surface area contributed by atoms with E-state index in [1.165, 1.54) is 32.1 Å². The highest BCUT2D eigenvalue weighted by atomic mass is 16.1. The van der Waals surface area contributed by atoms with E-state index in [1.807, 2.05) is 0 Å². The molecule has 0 spiro atoms. The van der Waals surface area contributed by atoms with Gasteiger partial charge in [0.15, 0.2) is 0 Å². The smallest absolute Gasteiger partial charge is 0.220 e. The molecule has 2 bridgehead atoms. The van der Waals surface area contributed by atoms with Gasteiger partial charge in [-0.1, -0.05) is 13.3 Å². The fourth-order valence-electron chi connectivity index (χ4n) is 4.71. The van der Waals surface area contributed by atoms with Crippen LogP contribution < -0.4 is 10.6 Å². The highest BCUT2D eigenvalue weighted by molar-refractivity contribution is 5.76. The molecule has 0 aromatic heterocycles. The lowest BCUT2D eigenvalue weighted by Crippen LogP contribution is -2.56. The number of hydrogen-bond donors (Lipinski definition) is 2. The Balaban J connectivity index is 1.50. The van der Waals surface area contributed by atoms with Gasteiger partial charge in [-0.25, -0.2) is 0 Å². The molecule has 2 saturated carbocycles. The van der Waals surface area contributed by atoms with Crippen LogP contribution in [0.1, 0.15) is 52.4 Å². The van der Waals surface area contributed by atoms with Gasteiger partial charge < -0.3 is 10.6 Å². The second kappa shape index (κ2) is 5.43. The van der Waals surface area contributed by atoms with E-state index in [0.717, 1.165) is 24.8 Å². The first kappa shape index (κ1) is 13.4. The topological polar surface area (TPSA) is 41.1 Å². The van der Waals surface area contributed by atoms with Crippen LogP contribution in [0.25, 0.3) is 0 Å². The fraction of sp³-hybridized carbons (Fsp3) is 0.938. The summed E-state index contributed by atoms with van der Waals surface area (Å²) in [4.78, 5) is 12.3. The quantitative estimate of drug-likeness (QED) is 0.821. The fourth-order valence-corrected chi connectivity index (χ4v) is 4.71. The average molecular weight is 264 g/mol. The Hall–Kier alpha value is -0.570. The normalized spacial score (nSPS) is 45.4. The first-order valence-corrected chi connectivity index (χ1v) is 8.16. The Bertz CT molecular complexity index is 334. The first-order chi connectivity index (χ1) is 9.13. The molecule has 3 fully saturated rings. The summed E-state index contributed by atoms with van der Waals surface area (Å²) < 4.78 is 0. The van der Waals surface area contributed by atoms with Crippen molar-refractivity contribution in [3.05, 3.63) is 0 Å². The standard InChI is InChI=1S/C16H28N2O/c1-10-5-6-17-11(2)16(10)18-15(19)9-14-8-12-3-4-13(14)7-12/h10-14,16-17H,3-9H2,1-2H3,(H,18,19). The summed E-state index contributed by atoms with van der Waals surface area (Å²) in [6, 6.07) is 0.729. The third kappa shape index (κ3) is 2.81. The molecule has 2 aliphatic carbocycles. The maximum absolute atomic E-state index is 12.3.